The Morgan fingerprint density at radius 2 is 2.04 bits per heavy atom. The average Bonchev–Trinajstić information content (AvgIpc) is 3.09. The fourth-order valence-electron chi connectivity index (χ4n) is 2.19. The summed E-state index contributed by atoms with van der Waals surface area (Å²) in [7, 11) is 0. The van der Waals surface area contributed by atoms with Gasteiger partial charge in [0.1, 0.15) is 5.76 Å². The number of carbonyl (C=O) groups is 2. The zero-order valence-electron chi connectivity index (χ0n) is 13.3. The Bertz CT molecular complexity index is 673. The summed E-state index contributed by atoms with van der Waals surface area (Å²) in [5, 5.41) is 8.61. The van der Waals surface area contributed by atoms with Gasteiger partial charge in [-0.25, -0.2) is 4.79 Å². The lowest BCUT2D eigenvalue weighted by atomic mass is 10.0. The van der Waals surface area contributed by atoms with E-state index in [1.165, 1.54) is 6.26 Å². The summed E-state index contributed by atoms with van der Waals surface area (Å²) in [6, 6.07) is 10.3. The number of nitrogens with one attached hydrogen (secondary N) is 3. The Morgan fingerprint density at radius 3 is 2.71 bits per heavy atom. The molecule has 3 N–H and O–H groups in total. The molecule has 0 radical (unpaired) electrons. The third-order valence-corrected chi connectivity index (χ3v) is 3.64. The molecule has 3 amide bonds. The Kier molecular flexibility index (Phi) is 6.69. The van der Waals surface area contributed by atoms with Gasteiger partial charge in [-0.3, -0.25) is 4.79 Å². The Balaban J connectivity index is 1.76. The van der Waals surface area contributed by atoms with Crippen molar-refractivity contribution in [3.8, 4) is 0 Å². The van der Waals surface area contributed by atoms with Crippen molar-refractivity contribution in [2.24, 2.45) is 0 Å². The summed E-state index contributed by atoms with van der Waals surface area (Å²) in [4.78, 5) is 23.7. The maximum atomic E-state index is 12.0. The predicted molar refractivity (Wildman–Crippen MR) is 91.6 cm³/mol. The molecule has 6 nitrogen and oxygen atoms in total. The van der Waals surface area contributed by atoms with Crippen LogP contribution in [0.25, 0.3) is 0 Å². The number of halogens is 1. The molecule has 0 spiro atoms. The van der Waals surface area contributed by atoms with Crippen LogP contribution in [0.3, 0.4) is 0 Å². The highest BCUT2D eigenvalue weighted by atomic mass is 35.5. The molecule has 2 aromatic rings. The molecule has 7 heteroatoms. The van der Waals surface area contributed by atoms with Gasteiger partial charge in [0.15, 0.2) is 0 Å². The van der Waals surface area contributed by atoms with E-state index < -0.39 is 6.03 Å². The molecule has 2 rings (SSSR count). The van der Waals surface area contributed by atoms with Gasteiger partial charge in [0.05, 0.1) is 25.4 Å². The van der Waals surface area contributed by atoms with Crippen molar-refractivity contribution in [2.45, 2.75) is 25.9 Å². The molecule has 0 fully saturated rings. The SMILES string of the molecule is CCC(NC(=O)CNC(=O)NCc1ccco1)c1cccc(Cl)c1. The molecule has 1 aromatic carbocycles. The molecule has 0 saturated carbocycles. The number of hydrogen-bond donors (Lipinski definition) is 3. The monoisotopic (exact) mass is 349 g/mol. The molecule has 1 aromatic heterocycles. The molecule has 0 aliphatic heterocycles. The second kappa shape index (κ2) is 8.98. The number of carbonyl (C=O) groups excluding carboxylic acids is 2. The molecule has 0 saturated heterocycles. The number of amides is 3. The third kappa shape index (κ3) is 5.62. The van der Waals surface area contributed by atoms with Gasteiger partial charge < -0.3 is 20.4 Å². The van der Waals surface area contributed by atoms with Crippen molar-refractivity contribution in [1.29, 1.82) is 0 Å². The highest BCUT2D eigenvalue weighted by Crippen LogP contribution is 2.20. The first-order chi connectivity index (χ1) is 11.6. The van der Waals surface area contributed by atoms with Crippen LogP contribution in [-0.4, -0.2) is 18.5 Å². The Labute approximate surface area is 145 Å². The summed E-state index contributed by atoms with van der Waals surface area (Å²) in [6.07, 6.45) is 2.25. The first kappa shape index (κ1) is 17.9. The van der Waals surface area contributed by atoms with Gasteiger partial charge in [0.25, 0.3) is 0 Å². The van der Waals surface area contributed by atoms with Gasteiger partial charge in [-0.2, -0.15) is 0 Å². The van der Waals surface area contributed by atoms with E-state index in [9.17, 15) is 9.59 Å². The molecule has 24 heavy (non-hydrogen) atoms. The highest BCUT2D eigenvalue weighted by molar-refractivity contribution is 6.30. The molecule has 1 unspecified atom stereocenters. The van der Waals surface area contributed by atoms with Gasteiger partial charge in [-0.1, -0.05) is 30.7 Å². The van der Waals surface area contributed by atoms with E-state index in [1.807, 2.05) is 25.1 Å². The molecule has 1 heterocycles. The summed E-state index contributed by atoms with van der Waals surface area (Å²) in [6.45, 7) is 2.12. The van der Waals surface area contributed by atoms with Crippen LogP contribution < -0.4 is 16.0 Å². The predicted octanol–water partition coefficient (Wildman–Crippen LogP) is 3.00. The van der Waals surface area contributed by atoms with Gasteiger partial charge in [-0.05, 0) is 36.2 Å². The minimum Gasteiger partial charge on any atom is -0.467 e. The fourth-order valence-corrected chi connectivity index (χ4v) is 2.39. The molecule has 1 atom stereocenters. The zero-order valence-corrected chi connectivity index (χ0v) is 14.1. The van der Waals surface area contributed by atoms with Crippen LogP contribution in [0.5, 0.6) is 0 Å². The number of rotatable bonds is 7. The second-order valence-electron chi connectivity index (χ2n) is 5.20. The van der Waals surface area contributed by atoms with Crippen LogP contribution in [0.1, 0.15) is 30.7 Å². The smallest absolute Gasteiger partial charge is 0.315 e. The summed E-state index contributed by atoms with van der Waals surface area (Å²) >= 11 is 5.98. The van der Waals surface area contributed by atoms with E-state index >= 15 is 0 Å². The summed E-state index contributed by atoms with van der Waals surface area (Å²) in [5.41, 5.74) is 0.931. The van der Waals surface area contributed by atoms with E-state index in [2.05, 4.69) is 16.0 Å². The minimum atomic E-state index is -0.433. The van der Waals surface area contributed by atoms with Crippen molar-refractivity contribution in [3.63, 3.8) is 0 Å². The first-order valence-corrected chi connectivity index (χ1v) is 8.05. The number of benzene rings is 1. The molecule has 0 bridgehead atoms. The Morgan fingerprint density at radius 1 is 1.21 bits per heavy atom. The fraction of sp³-hybridized carbons (Fsp3) is 0.294. The standard InChI is InChI=1S/C17H20ClN3O3/c1-2-15(12-5-3-6-13(18)9-12)21-16(22)11-20-17(23)19-10-14-7-4-8-24-14/h3-9,15H,2,10-11H2,1H3,(H,21,22)(H2,19,20,23). The average molecular weight is 350 g/mol. The molecule has 128 valence electrons. The van der Waals surface area contributed by atoms with Gasteiger partial charge in [0.2, 0.25) is 5.91 Å². The van der Waals surface area contributed by atoms with E-state index in [4.69, 9.17) is 16.0 Å². The van der Waals surface area contributed by atoms with Gasteiger partial charge in [0, 0.05) is 5.02 Å². The van der Waals surface area contributed by atoms with Crippen LogP contribution in [0.4, 0.5) is 4.79 Å². The van der Waals surface area contributed by atoms with E-state index in [0.717, 1.165) is 12.0 Å². The van der Waals surface area contributed by atoms with E-state index in [-0.39, 0.29) is 25.0 Å². The lowest BCUT2D eigenvalue weighted by Gasteiger charge is -2.18. The summed E-state index contributed by atoms with van der Waals surface area (Å²) < 4.78 is 5.10. The number of hydrogen-bond acceptors (Lipinski definition) is 3. The number of furan rings is 1. The highest BCUT2D eigenvalue weighted by Gasteiger charge is 2.13. The maximum absolute atomic E-state index is 12.0. The van der Waals surface area contributed by atoms with Crippen LogP contribution in [0.15, 0.2) is 47.1 Å². The minimum absolute atomic E-state index is 0.110. The largest absolute Gasteiger partial charge is 0.467 e. The third-order valence-electron chi connectivity index (χ3n) is 3.41. The van der Waals surface area contributed by atoms with Crippen LogP contribution >= 0.6 is 11.6 Å². The van der Waals surface area contributed by atoms with E-state index in [0.29, 0.717) is 10.8 Å². The van der Waals surface area contributed by atoms with Crippen molar-refractivity contribution < 1.29 is 14.0 Å². The van der Waals surface area contributed by atoms with Crippen molar-refractivity contribution in [3.05, 3.63) is 59.0 Å². The van der Waals surface area contributed by atoms with Gasteiger partial charge >= 0.3 is 6.03 Å². The van der Waals surface area contributed by atoms with Crippen molar-refractivity contribution >= 4 is 23.5 Å². The first-order valence-electron chi connectivity index (χ1n) is 7.67. The lowest BCUT2D eigenvalue weighted by molar-refractivity contribution is -0.120. The van der Waals surface area contributed by atoms with E-state index in [1.54, 1.807) is 18.2 Å². The Hall–Kier alpha value is -2.47. The molecular formula is C17H20ClN3O3. The van der Waals surface area contributed by atoms with Gasteiger partial charge in [-0.15, -0.1) is 0 Å². The van der Waals surface area contributed by atoms with Crippen LogP contribution in [0.2, 0.25) is 5.02 Å². The van der Waals surface area contributed by atoms with Crippen LogP contribution in [-0.2, 0) is 11.3 Å². The number of urea groups is 1. The topological polar surface area (TPSA) is 83.4 Å². The molecule has 0 aliphatic rings. The normalized spacial score (nSPS) is 11.6. The maximum Gasteiger partial charge on any atom is 0.315 e. The molecule has 0 aliphatic carbocycles. The quantitative estimate of drug-likeness (QED) is 0.718. The lowest BCUT2D eigenvalue weighted by Crippen LogP contribution is -2.42. The molecular weight excluding hydrogens is 330 g/mol. The van der Waals surface area contributed by atoms with Crippen molar-refractivity contribution in [2.75, 3.05) is 6.54 Å². The zero-order chi connectivity index (χ0) is 17.4. The van der Waals surface area contributed by atoms with Crippen molar-refractivity contribution in [1.82, 2.24) is 16.0 Å². The second-order valence-corrected chi connectivity index (χ2v) is 5.64. The summed E-state index contributed by atoms with van der Waals surface area (Å²) in [5.74, 6) is 0.372. The van der Waals surface area contributed by atoms with Crippen LogP contribution in [0, 0.1) is 0 Å².